The molecule has 1 amide bonds. The Balaban J connectivity index is 1.55. The van der Waals surface area contributed by atoms with Gasteiger partial charge in [-0.25, -0.2) is 22.3 Å². The topological polar surface area (TPSA) is 118 Å². The van der Waals surface area contributed by atoms with Crippen molar-refractivity contribution < 1.29 is 22.3 Å². The number of hydrogen-bond acceptors (Lipinski definition) is 7. The zero-order chi connectivity index (χ0) is 21.3. The number of anilines is 1. The van der Waals surface area contributed by atoms with Crippen LogP contribution in [0.4, 0.5) is 14.9 Å². The molecule has 0 radical (unpaired) electrons. The van der Waals surface area contributed by atoms with E-state index in [1.54, 1.807) is 18.3 Å². The van der Waals surface area contributed by atoms with Gasteiger partial charge in [0.2, 0.25) is 0 Å². The molecule has 1 aromatic carbocycles. The van der Waals surface area contributed by atoms with Crippen LogP contribution in [0.15, 0.2) is 36.7 Å². The molecule has 1 unspecified atom stereocenters. The molecule has 0 saturated carbocycles. The van der Waals surface area contributed by atoms with Gasteiger partial charge in [0.15, 0.2) is 9.84 Å². The molecule has 1 aromatic heterocycles. The van der Waals surface area contributed by atoms with E-state index in [1.807, 2.05) is 0 Å². The van der Waals surface area contributed by atoms with Gasteiger partial charge in [-0.1, -0.05) is 11.3 Å². The highest BCUT2D eigenvalue weighted by molar-refractivity contribution is 7.91. The Labute approximate surface area is 172 Å². The number of cyclic esters (lactones) is 1. The maximum atomic E-state index is 14.8. The summed E-state index contributed by atoms with van der Waals surface area (Å²) in [4.78, 5) is 13.7. The van der Waals surface area contributed by atoms with Crippen LogP contribution in [0, 0.1) is 17.1 Å². The first-order valence-electron chi connectivity index (χ1n) is 9.28. The van der Waals surface area contributed by atoms with Gasteiger partial charge in [0, 0.05) is 11.8 Å². The summed E-state index contributed by atoms with van der Waals surface area (Å²) in [5, 5.41) is 16.7. The van der Waals surface area contributed by atoms with Crippen LogP contribution in [0.1, 0.15) is 24.4 Å². The fraction of sp³-hybridized carbons (Fsp3) is 0.368. The summed E-state index contributed by atoms with van der Waals surface area (Å²) in [7, 11) is -3.11. The zero-order valence-corrected chi connectivity index (χ0v) is 16.6. The molecule has 11 heteroatoms. The van der Waals surface area contributed by atoms with Crippen LogP contribution in [0.5, 0.6) is 0 Å². The summed E-state index contributed by atoms with van der Waals surface area (Å²) in [6.07, 6.45) is 3.62. The lowest BCUT2D eigenvalue weighted by Crippen LogP contribution is -2.30. The van der Waals surface area contributed by atoms with Crippen molar-refractivity contribution in [1.29, 1.82) is 5.26 Å². The number of allylic oxidation sites excluding steroid dienone is 1. The van der Waals surface area contributed by atoms with E-state index in [-0.39, 0.29) is 30.9 Å². The molecule has 4 rings (SSSR count). The number of carbonyl (C=O) groups is 1. The van der Waals surface area contributed by atoms with Crippen LogP contribution in [-0.4, -0.2) is 53.7 Å². The zero-order valence-electron chi connectivity index (χ0n) is 15.8. The third-order valence-corrected chi connectivity index (χ3v) is 6.72. The van der Waals surface area contributed by atoms with Crippen LogP contribution < -0.4 is 4.90 Å². The molecule has 2 aliphatic rings. The highest BCUT2D eigenvalue weighted by atomic mass is 32.2. The Kier molecular flexibility index (Phi) is 5.26. The molecule has 2 atom stereocenters. The van der Waals surface area contributed by atoms with E-state index in [0.717, 1.165) is 0 Å². The standard InChI is InChI=1S/C19H18FN5O4S/c20-16-11-14(1-2-15(16)13-4-9-30(27,28)10-5-13)24-12-18(29-19(24)26)17(3-6-21)25-8-7-22-23-25/h1-2,4,7-8,11,17-18H,3,5,9-10,12H2/t17?,18-/m1/s1. The quantitative estimate of drug-likeness (QED) is 0.711. The van der Waals surface area contributed by atoms with E-state index in [2.05, 4.69) is 16.4 Å². The molecule has 1 fully saturated rings. The van der Waals surface area contributed by atoms with E-state index >= 15 is 0 Å². The Bertz CT molecular complexity index is 1140. The largest absolute Gasteiger partial charge is 0.442 e. The maximum Gasteiger partial charge on any atom is 0.414 e. The third-order valence-electron chi connectivity index (χ3n) is 5.22. The van der Waals surface area contributed by atoms with E-state index in [1.165, 1.54) is 27.9 Å². The van der Waals surface area contributed by atoms with E-state index < -0.39 is 33.9 Å². The van der Waals surface area contributed by atoms with E-state index in [0.29, 0.717) is 16.8 Å². The Hall–Kier alpha value is -3.26. The monoisotopic (exact) mass is 431 g/mol. The highest BCUT2D eigenvalue weighted by Crippen LogP contribution is 2.32. The fourth-order valence-corrected chi connectivity index (χ4v) is 4.79. The molecule has 30 heavy (non-hydrogen) atoms. The van der Waals surface area contributed by atoms with E-state index in [9.17, 15) is 17.6 Å². The molecular weight excluding hydrogens is 413 g/mol. The maximum absolute atomic E-state index is 14.8. The molecule has 0 spiro atoms. The SMILES string of the molecule is N#CCC([C@H]1CN(c2ccc(C3=CCS(=O)(=O)CC3)c(F)c2)C(=O)O1)n1ccnn1. The van der Waals surface area contributed by atoms with Gasteiger partial charge in [0.1, 0.15) is 18.0 Å². The van der Waals surface area contributed by atoms with Gasteiger partial charge in [-0.2, -0.15) is 5.26 Å². The number of amides is 1. The summed E-state index contributed by atoms with van der Waals surface area (Å²) in [5.74, 6) is -0.659. The number of benzene rings is 1. The first kappa shape index (κ1) is 20.0. The second kappa shape index (κ2) is 7.87. The molecule has 0 N–H and O–H groups in total. The summed E-state index contributed by atoms with van der Waals surface area (Å²) < 4.78 is 44.8. The Morgan fingerprint density at radius 3 is 2.87 bits per heavy atom. The first-order valence-corrected chi connectivity index (χ1v) is 11.1. The molecule has 2 aliphatic heterocycles. The van der Waals surface area contributed by atoms with Crippen molar-refractivity contribution >= 4 is 27.2 Å². The van der Waals surface area contributed by atoms with E-state index in [4.69, 9.17) is 10.00 Å². The number of hydrogen-bond donors (Lipinski definition) is 0. The van der Waals surface area contributed by atoms with Crippen LogP contribution >= 0.6 is 0 Å². The number of ether oxygens (including phenoxy) is 1. The van der Waals surface area contributed by atoms with Gasteiger partial charge in [0.05, 0.1) is 42.4 Å². The number of carbonyl (C=O) groups excluding carboxylic acids is 1. The number of nitrogens with zero attached hydrogens (tertiary/aromatic N) is 5. The summed E-state index contributed by atoms with van der Waals surface area (Å²) >= 11 is 0. The van der Waals surface area contributed by atoms with Gasteiger partial charge >= 0.3 is 6.09 Å². The van der Waals surface area contributed by atoms with Gasteiger partial charge in [-0.05, 0) is 30.2 Å². The Morgan fingerprint density at radius 2 is 2.23 bits per heavy atom. The average Bonchev–Trinajstić information content (AvgIpc) is 3.36. The van der Waals surface area contributed by atoms with Gasteiger partial charge < -0.3 is 4.74 Å². The number of halogens is 1. The van der Waals surface area contributed by atoms with Gasteiger partial charge in [-0.15, -0.1) is 5.10 Å². The molecule has 9 nitrogen and oxygen atoms in total. The number of nitriles is 1. The summed E-state index contributed by atoms with van der Waals surface area (Å²) in [6, 6.07) is 5.92. The fourth-order valence-electron chi connectivity index (χ4n) is 3.63. The third kappa shape index (κ3) is 3.91. The smallest absolute Gasteiger partial charge is 0.414 e. The second-order valence-corrected chi connectivity index (χ2v) is 9.33. The average molecular weight is 431 g/mol. The molecule has 2 aromatic rings. The lowest BCUT2D eigenvalue weighted by atomic mass is 10.0. The highest BCUT2D eigenvalue weighted by Gasteiger charge is 2.39. The molecule has 0 bridgehead atoms. The number of aromatic nitrogens is 3. The number of rotatable bonds is 5. The second-order valence-electron chi connectivity index (χ2n) is 7.10. The van der Waals surface area contributed by atoms with Crippen LogP contribution in [0.3, 0.4) is 0 Å². The van der Waals surface area contributed by atoms with Crippen molar-refractivity contribution in [2.24, 2.45) is 0 Å². The minimum absolute atomic E-state index is 0.0112. The predicted octanol–water partition coefficient (Wildman–Crippen LogP) is 2.10. The molecule has 0 aliphatic carbocycles. The number of sulfone groups is 1. The first-order chi connectivity index (χ1) is 14.4. The van der Waals surface area contributed by atoms with Gasteiger partial charge in [0.25, 0.3) is 0 Å². The Morgan fingerprint density at radius 1 is 1.40 bits per heavy atom. The molecule has 1 saturated heterocycles. The van der Waals surface area contributed by atoms with Crippen molar-refractivity contribution in [2.75, 3.05) is 23.0 Å². The minimum atomic E-state index is -3.11. The van der Waals surface area contributed by atoms with Crippen LogP contribution in [0.2, 0.25) is 0 Å². The van der Waals surface area contributed by atoms with Crippen molar-refractivity contribution in [1.82, 2.24) is 15.0 Å². The van der Waals surface area contributed by atoms with Gasteiger partial charge in [-0.3, -0.25) is 4.90 Å². The molecular formula is C19H18FN5O4S. The molecule has 3 heterocycles. The lowest BCUT2D eigenvalue weighted by molar-refractivity contribution is 0.104. The lowest BCUT2D eigenvalue weighted by Gasteiger charge is -2.19. The van der Waals surface area contributed by atoms with Crippen molar-refractivity contribution in [2.45, 2.75) is 25.0 Å². The van der Waals surface area contributed by atoms with Crippen molar-refractivity contribution in [3.8, 4) is 6.07 Å². The summed E-state index contributed by atoms with van der Waals surface area (Å²) in [5.41, 5.74) is 1.28. The van der Waals surface area contributed by atoms with Crippen molar-refractivity contribution in [3.63, 3.8) is 0 Å². The normalized spacial score (nSPS) is 21.6. The van der Waals surface area contributed by atoms with Crippen LogP contribution in [-0.2, 0) is 14.6 Å². The van der Waals surface area contributed by atoms with Crippen molar-refractivity contribution in [3.05, 3.63) is 48.0 Å². The minimum Gasteiger partial charge on any atom is -0.442 e. The summed E-state index contributed by atoms with van der Waals surface area (Å²) in [6.45, 7) is 0.130. The molecule has 156 valence electrons. The van der Waals surface area contributed by atoms with Crippen LogP contribution in [0.25, 0.3) is 5.57 Å². The predicted molar refractivity (Wildman–Crippen MR) is 105 cm³/mol.